The molecule has 0 fully saturated rings. The SMILES string of the molecule is Cc1[nH]nc(Cl)c1S(N)(=O)=O. The van der Waals surface area contributed by atoms with Crippen molar-refractivity contribution in [2.45, 2.75) is 11.8 Å². The maximum absolute atomic E-state index is 10.8. The largest absolute Gasteiger partial charge is 0.280 e. The summed E-state index contributed by atoms with van der Waals surface area (Å²) in [6.07, 6.45) is 0. The van der Waals surface area contributed by atoms with E-state index >= 15 is 0 Å². The van der Waals surface area contributed by atoms with Gasteiger partial charge >= 0.3 is 0 Å². The highest BCUT2D eigenvalue weighted by Crippen LogP contribution is 2.19. The molecule has 62 valence electrons. The summed E-state index contributed by atoms with van der Waals surface area (Å²) in [5, 5.41) is 10.6. The molecule has 11 heavy (non-hydrogen) atoms. The number of nitrogens with zero attached hydrogens (tertiary/aromatic N) is 1. The number of nitrogens with two attached hydrogens (primary N) is 1. The Morgan fingerprint density at radius 2 is 2.18 bits per heavy atom. The van der Waals surface area contributed by atoms with Gasteiger partial charge in [-0.25, -0.2) is 13.6 Å². The van der Waals surface area contributed by atoms with Gasteiger partial charge in [-0.3, -0.25) is 5.10 Å². The minimum atomic E-state index is -3.75. The van der Waals surface area contributed by atoms with Crippen LogP contribution in [0.15, 0.2) is 4.90 Å². The van der Waals surface area contributed by atoms with E-state index in [0.717, 1.165) is 0 Å². The predicted molar refractivity (Wildman–Crippen MR) is 39.7 cm³/mol. The Morgan fingerprint density at radius 3 is 2.36 bits per heavy atom. The smallest absolute Gasteiger partial charge is 0.242 e. The van der Waals surface area contributed by atoms with Crippen molar-refractivity contribution in [2.24, 2.45) is 5.14 Å². The fourth-order valence-electron chi connectivity index (χ4n) is 0.720. The van der Waals surface area contributed by atoms with Gasteiger partial charge in [-0.15, -0.1) is 0 Å². The van der Waals surface area contributed by atoms with Crippen molar-refractivity contribution >= 4 is 21.6 Å². The van der Waals surface area contributed by atoms with Gasteiger partial charge in [-0.05, 0) is 6.92 Å². The van der Waals surface area contributed by atoms with Crippen LogP contribution >= 0.6 is 11.6 Å². The van der Waals surface area contributed by atoms with Crippen molar-refractivity contribution in [3.8, 4) is 0 Å². The molecule has 0 amide bonds. The molecule has 5 nitrogen and oxygen atoms in total. The summed E-state index contributed by atoms with van der Waals surface area (Å²) in [6.45, 7) is 1.53. The van der Waals surface area contributed by atoms with E-state index in [4.69, 9.17) is 16.7 Å². The lowest BCUT2D eigenvalue weighted by Crippen LogP contribution is -2.12. The molecule has 0 saturated carbocycles. The average Bonchev–Trinajstić information content (AvgIpc) is 2.08. The molecule has 1 rings (SSSR count). The molecule has 0 atom stereocenters. The Morgan fingerprint density at radius 1 is 1.64 bits per heavy atom. The van der Waals surface area contributed by atoms with Crippen LogP contribution < -0.4 is 5.14 Å². The predicted octanol–water partition coefficient (Wildman–Crippen LogP) is 0.0189. The fraction of sp³-hybridized carbons (Fsp3) is 0.250. The molecule has 0 unspecified atom stereocenters. The van der Waals surface area contributed by atoms with E-state index in [0.29, 0.717) is 5.69 Å². The van der Waals surface area contributed by atoms with E-state index in [1.807, 2.05) is 0 Å². The number of aromatic nitrogens is 2. The first kappa shape index (κ1) is 8.51. The van der Waals surface area contributed by atoms with Crippen LogP contribution in [-0.2, 0) is 10.0 Å². The summed E-state index contributed by atoms with van der Waals surface area (Å²) in [5.74, 6) is 0. The van der Waals surface area contributed by atoms with Gasteiger partial charge in [-0.1, -0.05) is 11.6 Å². The third-order valence-corrected chi connectivity index (χ3v) is 2.59. The first-order valence-electron chi connectivity index (χ1n) is 2.66. The molecule has 7 heteroatoms. The molecule has 0 saturated heterocycles. The first-order chi connectivity index (χ1) is 4.93. The molecule has 1 aromatic rings. The molecule has 0 radical (unpaired) electrons. The number of H-pyrrole nitrogens is 1. The molecule has 1 heterocycles. The number of nitrogens with one attached hydrogen (secondary N) is 1. The Kier molecular flexibility index (Phi) is 1.91. The van der Waals surface area contributed by atoms with Crippen LogP contribution in [0.5, 0.6) is 0 Å². The number of hydrogen-bond donors (Lipinski definition) is 2. The highest BCUT2D eigenvalue weighted by Gasteiger charge is 2.18. The van der Waals surface area contributed by atoms with Crippen molar-refractivity contribution in [3.63, 3.8) is 0 Å². The zero-order valence-corrected chi connectivity index (χ0v) is 7.20. The van der Waals surface area contributed by atoms with Gasteiger partial charge in [0.1, 0.15) is 4.90 Å². The minimum Gasteiger partial charge on any atom is -0.280 e. The number of hydrogen-bond acceptors (Lipinski definition) is 3. The zero-order valence-electron chi connectivity index (χ0n) is 5.63. The lowest BCUT2D eigenvalue weighted by molar-refractivity contribution is 0.597. The number of halogens is 1. The van der Waals surface area contributed by atoms with Crippen LogP contribution in [0.2, 0.25) is 5.15 Å². The number of rotatable bonds is 1. The summed E-state index contributed by atoms with van der Waals surface area (Å²) in [5.41, 5.74) is 0.345. The molecular weight excluding hydrogens is 190 g/mol. The third kappa shape index (κ3) is 1.52. The summed E-state index contributed by atoms with van der Waals surface area (Å²) in [6, 6.07) is 0. The second-order valence-electron chi connectivity index (χ2n) is 2.01. The van der Waals surface area contributed by atoms with E-state index in [2.05, 4.69) is 10.2 Å². The van der Waals surface area contributed by atoms with E-state index < -0.39 is 10.0 Å². The third-order valence-electron chi connectivity index (χ3n) is 1.13. The minimum absolute atomic E-state index is 0.120. The molecule has 3 N–H and O–H groups in total. The standard InChI is InChI=1S/C4H6ClN3O2S/c1-2-3(11(6,9)10)4(5)8-7-2/h1H3,(H,7,8)(H2,6,9,10). The molecule has 0 spiro atoms. The molecule has 0 bridgehead atoms. The van der Waals surface area contributed by atoms with Gasteiger partial charge in [0.15, 0.2) is 5.15 Å². The lowest BCUT2D eigenvalue weighted by atomic mass is 10.5. The average molecular weight is 196 g/mol. The van der Waals surface area contributed by atoms with E-state index in [-0.39, 0.29) is 10.0 Å². The van der Waals surface area contributed by atoms with Crippen LogP contribution in [-0.4, -0.2) is 18.6 Å². The maximum atomic E-state index is 10.8. The van der Waals surface area contributed by atoms with Crippen molar-refractivity contribution in [2.75, 3.05) is 0 Å². The van der Waals surface area contributed by atoms with Crippen LogP contribution in [0, 0.1) is 6.92 Å². The number of aromatic amines is 1. The molecule has 0 aliphatic carbocycles. The van der Waals surface area contributed by atoms with Gasteiger partial charge in [0.25, 0.3) is 0 Å². The van der Waals surface area contributed by atoms with Crippen LogP contribution in [0.3, 0.4) is 0 Å². The Labute approximate surface area is 68.6 Å². The Bertz CT molecular complexity index is 349. The second-order valence-corrected chi connectivity index (χ2v) is 3.87. The lowest BCUT2D eigenvalue weighted by Gasteiger charge is -1.93. The quantitative estimate of drug-likeness (QED) is 0.662. The van der Waals surface area contributed by atoms with Crippen molar-refractivity contribution < 1.29 is 8.42 Å². The van der Waals surface area contributed by atoms with Crippen molar-refractivity contribution in [1.29, 1.82) is 0 Å². The van der Waals surface area contributed by atoms with Crippen LogP contribution in [0.4, 0.5) is 0 Å². The van der Waals surface area contributed by atoms with Gasteiger partial charge in [0.2, 0.25) is 10.0 Å². The highest BCUT2D eigenvalue weighted by atomic mass is 35.5. The Balaban J connectivity index is 3.45. The molecule has 1 aromatic heterocycles. The Hall–Kier alpha value is -0.590. The molecule has 0 aromatic carbocycles. The molecular formula is C4H6ClN3O2S. The summed E-state index contributed by atoms with van der Waals surface area (Å²) in [7, 11) is -3.75. The van der Waals surface area contributed by atoms with Crippen LogP contribution in [0.25, 0.3) is 0 Å². The summed E-state index contributed by atoms with van der Waals surface area (Å²) >= 11 is 5.43. The van der Waals surface area contributed by atoms with Gasteiger partial charge in [0, 0.05) is 0 Å². The topological polar surface area (TPSA) is 88.8 Å². The van der Waals surface area contributed by atoms with Gasteiger partial charge in [0.05, 0.1) is 5.69 Å². The molecule has 0 aliphatic rings. The monoisotopic (exact) mass is 195 g/mol. The number of aryl methyl sites for hydroxylation is 1. The highest BCUT2D eigenvalue weighted by molar-refractivity contribution is 7.89. The van der Waals surface area contributed by atoms with E-state index in [9.17, 15) is 8.42 Å². The maximum Gasteiger partial charge on any atom is 0.242 e. The first-order valence-corrected chi connectivity index (χ1v) is 4.58. The fourth-order valence-corrected chi connectivity index (χ4v) is 1.98. The van der Waals surface area contributed by atoms with Crippen LogP contribution in [0.1, 0.15) is 5.69 Å². The van der Waals surface area contributed by atoms with Gasteiger partial charge in [-0.2, -0.15) is 5.10 Å². The normalized spacial score (nSPS) is 11.9. The summed E-state index contributed by atoms with van der Waals surface area (Å²) in [4.78, 5) is -0.140. The zero-order chi connectivity index (χ0) is 8.65. The van der Waals surface area contributed by atoms with E-state index in [1.165, 1.54) is 6.92 Å². The number of primary sulfonamides is 1. The van der Waals surface area contributed by atoms with Gasteiger partial charge < -0.3 is 0 Å². The second kappa shape index (κ2) is 2.47. The molecule has 0 aliphatic heterocycles. The van der Waals surface area contributed by atoms with Crippen molar-refractivity contribution in [3.05, 3.63) is 10.8 Å². The summed E-state index contributed by atoms with van der Waals surface area (Å²) < 4.78 is 21.5. The van der Waals surface area contributed by atoms with Crippen molar-refractivity contribution in [1.82, 2.24) is 10.2 Å². The number of sulfonamides is 1. The van der Waals surface area contributed by atoms with E-state index in [1.54, 1.807) is 0 Å².